The van der Waals surface area contributed by atoms with E-state index in [0.717, 1.165) is 0 Å². The summed E-state index contributed by atoms with van der Waals surface area (Å²) >= 11 is 0. The summed E-state index contributed by atoms with van der Waals surface area (Å²) < 4.78 is 5.21. The van der Waals surface area contributed by atoms with Crippen molar-refractivity contribution in [2.24, 2.45) is 11.1 Å². The van der Waals surface area contributed by atoms with Gasteiger partial charge in [0.1, 0.15) is 0 Å². The first kappa shape index (κ1) is 11.0. The van der Waals surface area contributed by atoms with Gasteiger partial charge in [0.25, 0.3) is 0 Å². The molecule has 0 aromatic carbocycles. The van der Waals surface area contributed by atoms with Crippen LogP contribution in [-0.4, -0.2) is 35.4 Å². The van der Waals surface area contributed by atoms with Crippen LogP contribution in [0.4, 0.5) is 5.82 Å². The number of hydrogen-bond donors (Lipinski definition) is 2. The van der Waals surface area contributed by atoms with Crippen molar-refractivity contribution in [3.8, 4) is 0 Å². The molecule has 1 amide bonds. The second kappa shape index (κ2) is 4.15. The van der Waals surface area contributed by atoms with Crippen molar-refractivity contribution < 1.29 is 9.53 Å². The van der Waals surface area contributed by atoms with E-state index >= 15 is 0 Å². The second-order valence-electron chi connectivity index (χ2n) is 4.10. The second-order valence-corrected chi connectivity index (χ2v) is 4.10. The minimum absolute atomic E-state index is 0.182. The number of anilines is 1. The first-order valence-corrected chi connectivity index (χ1v) is 5.05. The van der Waals surface area contributed by atoms with Crippen molar-refractivity contribution in [3.63, 3.8) is 0 Å². The molecule has 6 nitrogen and oxygen atoms in total. The van der Waals surface area contributed by atoms with Gasteiger partial charge < -0.3 is 15.8 Å². The summed E-state index contributed by atoms with van der Waals surface area (Å²) in [5.41, 5.74) is 5.15. The van der Waals surface area contributed by atoms with Gasteiger partial charge in [0.2, 0.25) is 5.91 Å². The van der Waals surface area contributed by atoms with E-state index in [-0.39, 0.29) is 11.9 Å². The number of carbonyl (C=O) groups is 1. The summed E-state index contributed by atoms with van der Waals surface area (Å²) in [4.78, 5) is 12.0. The van der Waals surface area contributed by atoms with E-state index in [1.807, 2.05) is 0 Å². The van der Waals surface area contributed by atoms with E-state index in [9.17, 15) is 4.79 Å². The topological polar surface area (TPSA) is 90.1 Å². The number of aromatic nitrogens is 2. The van der Waals surface area contributed by atoms with Crippen LogP contribution in [0.15, 0.2) is 18.3 Å². The number of nitrogens with one attached hydrogen (secondary N) is 1. The van der Waals surface area contributed by atoms with Crippen molar-refractivity contribution >= 4 is 11.7 Å². The van der Waals surface area contributed by atoms with Crippen LogP contribution in [0.5, 0.6) is 0 Å². The Labute approximate surface area is 93.2 Å². The maximum absolute atomic E-state index is 12.0. The lowest BCUT2D eigenvalue weighted by atomic mass is 9.85. The van der Waals surface area contributed by atoms with Crippen LogP contribution in [-0.2, 0) is 9.53 Å². The molecule has 2 heterocycles. The van der Waals surface area contributed by atoms with Crippen LogP contribution in [0.2, 0.25) is 0 Å². The van der Waals surface area contributed by atoms with Gasteiger partial charge in [0, 0.05) is 12.2 Å². The van der Waals surface area contributed by atoms with Crippen LogP contribution in [0.1, 0.15) is 6.92 Å². The molecule has 0 spiro atoms. The fourth-order valence-electron chi connectivity index (χ4n) is 1.55. The quantitative estimate of drug-likeness (QED) is 0.722. The molecule has 86 valence electrons. The fraction of sp³-hybridized carbons (Fsp3) is 0.500. The number of hydrogen-bond acceptors (Lipinski definition) is 5. The highest BCUT2D eigenvalue weighted by atomic mass is 16.5. The molecule has 1 aromatic rings. The molecule has 1 saturated heterocycles. The average Bonchev–Trinajstić information content (AvgIpc) is 2.62. The SMILES string of the molecule is CC1(C(=O)Nc2cccnn2)COCC1N. The van der Waals surface area contributed by atoms with Crippen LogP contribution in [0.3, 0.4) is 0 Å². The molecule has 0 radical (unpaired) electrons. The zero-order chi connectivity index (χ0) is 11.6. The summed E-state index contributed by atoms with van der Waals surface area (Å²) in [6.45, 7) is 2.53. The Bertz CT molecular complexity index is 384. The lowest BCUT2D eigenvalue weighted by molar-refractivity contribution is -0.125. The van der Waals surface area contributed by atoms with E-state index in [1.54, 1.807) is 25.3 Å². The third kappa shape index (κ3) is 1.89. The van der Waals surface area contributed by atoms with Gasteiger partial charge in [-0.25, -0.2) is 0 Å². The van der Waals surface area contributed by atoms with E-state index < -0.39 is 5.41 Å². The van der Waals surface area contributed by atoms with Gasteiger partial charge in [-0.05, 0) is 19.1 Å². The Hall–Kier alpha value is -1.53. The number of carbonyl (C=O) groups excluding carboxylic acids is 1. The molecule has 3 N–H and O–H groups in total. The Morgan fingerprint density at radius 2 is 2.56 bits per heavy atom. The third-order valence-electron chi connectivity index (χ3n) is 2.85. The van der Waals surface area contributed by atoms with Gasteiger partial charge in [-0.15, -0.1) is 5.10 Å². The maximum Gasteiger partial charge on any atom is 0.235 e. The molecular formula is C10H14N4O2. The van der Waals surface area contributed by atoms with E-state index in [0.29, 0.717) is 19.0 Å². The molecular weight excluding hydrogens is 208 g/mol. The number of amides is 1. The molecule has 1 fully saturated rings. The van der Waals surface area contributed by atoms with E-state index in [4.69, 9.17) is 10.5 Å². The largest absolute Gasteiger partial charge is 0.379 e. The van der Waals surface area contributed by atoms with Crippen LogP contribution in [0.25, 0.3) is 0 Å². The normalized spacial score (nSPS) is 29.0. The van der Waals surface area contributed by atoms with E-state index in [1.165, 1.54) is 0 Å². The summed E-state index contributed by atoms with van der Waals surface area (Å²) in [6, 6.07) is 3.09. The molecule has 16 heavy (non-hydrogen) atoms. The third-order valence-corrected chi connectivity index (χ3v) is 2.85. The number of nitrogens with zero attached hydrogens (tertiary/aromatic N) is 2. The van der Waals surface area contributed by atoms with Crippen molar-refractivity contribution in [1.82, 2.24) is 10.2 Å². The van der Waals surface area contributed by atoms with Crippen LogP contribution in [0, 0.1) is 5.41 Å². The van der Waals surface area contributed by atoms with Crippen LogP contribution < -0.4 is 11.1 Å². The molecule has 2 rings (SSSR count). The molecule has 0 aliphatic carbocycles. The molecule has 2 unspecified atom stereocenters. The Morgan fingerprint density at radius 1 is 1.75 bits per heavy atom. The summed E-state index contributed by atoms with van der Waals surface area (Å²) in [5, 5.41) is 10.1. The predicted molar refractivity (Wildman–Crippen MR) is 57.6 cm³/mol. The summed E-state index contributed by atoms with van der Waals surface area (Å²) in [6.07, 6.45) is 1.54. The van der Waals surface area contributed by atoms with Crippen molar-refractivity contribution in [3.05, 3.63) is 18.3 Å². The molecule has 1 aliphatic rings. The highest BCUT2D eigenvalue weighted by Crippen LogP contribution is 2.28. The van der Waals surface area contributed by atoms with Gasteiger partial charge in [-0.2, -0.15) is 5.10 Å². The molecule has 2 atom stereocenters. The number of ether oxygens (including phenoxy) is 1. The van der Waals surface area contributed by atoms with Gasteiger partial charge in [-0.1, -0.05) is 0 Å². The standard InChI is InChI=1S/C10H14N4O2/c1-10(6-16-5-7(10)11)9(15)13-8-3-2-4-12-14-8/h2-4,7H,5-6,11H2,1H3,(H,13,14,15). The molecule has 0 bridgehead atoms. The van der Waals surface area contributed by atoms with Crippen molar-refractivity contribution in [2.45, 2.75) is 13.0 Å². The molecule has 6 heteroatoms. The summed E-state index contributed by atoms with van der Waals surface area (Å²) in [7, 11) is 0. The van der Waals surface area contributed by atoms with Crippen LogP contribution >= 0.6 is 0 Å². The smallest absolute Gasteiger partial charge is 0.235 e. The molecule has 0 saturated carbocycles. The zero-order valence-electron chi connectivity index (χ0n) is 9.01. The average molecular weight is 222 g/mol. The molecule has 1 aromatic heterocycles. The van der Waals surface area contributed by atoms with E-state index in [2.05, 4.69) is 15.5 Å². The fourth-order valence-corrected chi connectivity index (χ4v) is 1.55. The van der Waals surface area contributed by atoms with Gasteiger partial charge >= 0.3 is 0 Å². The first-order chi connectivity index (χ1) is 7.63. The first-order valence-electron chi connectivity index (χ1n) is 5.05. The summed E-state index contributed by atoms with van der Waals surface area (Å²) in [5.74, 6) is 0.242. The Kier molecular flexibility index (Phi) is 2.84. The minimum atomic E-state index is -0.697. The number of nitrogens with two attached hydrogens (primary N) is 1. The van der Waals surface area contributed by atoms with Crippen molar-refractivity contribution in [1.29, 1.82) is 0 Å². The van der Waals surface area contributed by atoms with Gasteiger partial charge in [-0.3, -0.25) is 4.79 Å². The van der Waals surface area contributed by atoms with Gasteiger partial charge in [0.15, 0.2) is 5.82 Å². The lowest BCUT2D eigenvalue weighted by Gasteiger charge is -2.24. The monoisotopic (exact) mass is 222 g/mol. The Balaban J connectivity index is 2.09. The van der Waals surface area contributed by atoms with Gasteiger partial charge in [0.05, 0.1) is 18.6 Å². The maximum atomic E-state index is 12.0. The lowest BCUT2D eigenvalue weighted by Crippen LogP contribution is -2.47. The van der Waals surface area contributed by atoms with Crippen molar-refractivity contribution in [2.75, 3.05) is 18.5 Å². The highest BCUT2D eigenvalue weighted by molar-refractivity contribution is 5.95. The minimum Gasteiger partial charge on any atom is -0.379 e. The number of rotatable bonds is 2. The Morgan fingerprint density at radius 3 is 3.12 bits per heavy atom. The highest BCUT2D eigenvalue weighted by Gasteiger charge is 2.44. The zero-order valence-corrected chi connectivity index (χ0v) is 9.01. The molecule has 1 aliphatic heterocycles. The predicted octanol–water partition coefficient (Wildman–Crippen LogP) is -0.221.